The van der Waals surface area contributed by atoms with Crippen molar-refractivity contribution in [1.82, 2.24) is 4.98 Å². The van der Waals surface area contributed by atoms with Gasteiger partial charge >= 0.3 is 0 Å². The second kappa shape index (κ2) is 7.07. The quantitative estimate of drug-likeness (QED) is 0.715. The van der Waals surface area contributed by atoms with Gasteiger partial charge in [-0.2, -0.15) is 0 Å². The van der Waals surface area contributed by atoms with Crippen molar-refractivity contribution in [3.63, 3.8) is 0 Å². The van der Waals surface area contributed by atoms with Gasteiger partial charge in [-0.25, -0.2) is 0 Å². The van der Waals surface area contributed by atoms with E-state index < -0.39 is 0 Å². The Bertz CT molecular complexity index is 875. The van der Waals surface area contributed by atoms with Gasteiger partial charge in [0, 0.05) is 23.2 Å². The molecule has 132 valence electrons. The Morgan fingerprint density at radius 1 is 0.960 bits per heavy atom. The van der Waals surface area contributed by atoms with Gasteiger partial charge in [-0.05, 0) is 48.7 Å². The number of aliphatic hydroxyl groups excluding tert-OH is 1. The number of H-pyrrole nitrogens is 1. The third-order valence-corrected chi connectivity index (χ3v) is 4.24. The molecular weight excluding hydrogens is 318 g/mol. The molecule has 1 aromatic heterocycles. The highest BCUT2D eigenvalue weighted by molar-refractivity contribution is 5.92. The Hall–Kier alpha value is -2.66. The Morgan fingerprint density at radius 3 is 2.28 bits per heavy atom. The number of benzene rings is 2. The normalized spacial score (nSPS) is 10.9. The number of hydrogen-bond donors (Lipinski definition) is 2. The summed E-state index contributed by atoms with van der Waals surface area (Å²) in [6, 6.07) is 10.1. The largest absolute Gasteiger partial charge is 0.497 e. The minimum atomic E-state index is 0.00424. The molecule has 2 aromatic carbocycles. The fourth-order valence-electron chi connectivity index (χ4n) is 3.10. The molecule has 5 nitrogen and oxygen atoms in total. The zero-order valence-corrected chi connectivity index (χ0v) is 15.0. The van der Waals surface area contributed by atoms with E-state index in [0.29, 0.717) is 6.61 Å². The minimum Gasteiger partial charge on any atom is -0.497 e. The lowest BCUT2D eigenvalue weighted by molar-refractivity contribution is 0.200. The molecule has 0 amide bonds. The lowest BCUT2D eigenvalue weighted by Crippen LogP contribution is -2.04. The average molecular weight is 341 g/mol. The predicted octanol–water partition coefficient (Wildman–Crippen LogP) is 3.84. The van der Waals surface area contributed by atoms with Gasteiger partial charge in [0.2, 0.25) is 0 Å². The van der Waals surface area contributed by atoms with Gasteiger partial charge in [0.05, 0.1) is 26.3 Å². The molecule has 0 aliphatic rings. The summed E-state index contributed by atoms with van der Waals surface area (Å²) in [5, 5.41) is 9.97. The number of hydrogen-bond acceptors (Lipinski definition) is 4. The summed E-state index contributed by atoms with van der Waals surface area (Å²) in [4.78, 5) is 3.44. The lowest BCUT2D eigenvalue weighted by Gasteiger charge is -2.13. The van der Waals surface area contributed by atoms with Crippen LogP contribution in [-0.4, -0.2) is 37.5 Å². The van der Waals surface area contributed by atoms with E-state index in [1.807, 2.05) is 26.0 Å². The number of aryl methyl sites for hydroxylation is 2. The van der Waals surface area contributed by atoms with Gasteiger partial charge in [0.25, 0.3) is 0 Å². The van der Waals surface area contributed by atoms with Crippen LogP contribution in [0.4, 0.5) is 0 Å². The molecule has 0 atom stereocenters. The van der Waals surface area contributed by atoms with Gasteiger partial charge in [-0.15, -0.1) is 0 Å². The third kappa shape index (κ3) is 3.28. The van der Waals surface area contributed by atoms with Crippen LogP contribution in [0.2, 0.25) is 0 Å². The van der Waals surface area contributed by atoms with E-state index in [4.69, 9.17) is 19.3 Å². The first-order valence-electron chi connectivity index (χ1n) is 8.17. The number of aromatic nitrogens is 1. The maximum absolute atomic E-state index is 8.96. The van der Waals surface area contributed by atoms with Crippen molar-refractivity contribution >= 4 is 10.9 Å². The van der Waals surface area contributed by atoms with Crippen molar-refractivity contribution in [2.24, 2.45) is 0 Å². The molecule has 0 unspecified atom stereocenters. The second-order valence-electron chi connectivity index (χ2n) is 5.99. The molecule has 0 aliphatic carbocycles. The van der Waals surface area contributed by atoms with Crippen molar-refractivity contribution < 1.29 is 19.3 Å². The number of methoxy groups -OCH3 is 2. The average Bonchev–Trinajstić information content (AvgIpc) is 3.04. The summed E-state index contributed by atoms with van der Waals surface area (Å²) in [6.07, 6.45) is 0. The summed E-state index contributed by atoms with van der Waals surface area (Å²) in [6.45, 7) is 4.32. The number of ether oxygens (including phenoxy) is 3. The van der Waals surface area contributed by atoms with Gasteiger partial charge < -0.3 is 24.3 Å². The lowest BCUT2D eigenvalue weighted by atomic mass is 10.0. The van der Waals surface area contributed by atoms with Crippen molar-refractivity contribution in [3.8, 4) is 28.5 Å². The van der Waals surface area contributed by atoms with Crippen LogP contribution in [0, 0.1) is 13.8 Å². The van der Waals surface area contributed by atoms with Crippen LogP contribution < -0.4 is 14.2 Å². The molecule has 3 rings (SSSR count). The summed E-state index contributed by atoms with van der Waals surface area (Å²) in [7, 11) is 3.30. The molecule has 5 heteroatoms. The number of aromatic amines is 1. The van der Waals surface area contributed by atoms with E-state index >= 15 is 0 Å². The van der Waals surface area contributed by atoms with Gasteiger partial charge in [-0.1, -0.05) is 0 Å². The van der Waals surface area contributed by atoms with E-state index in [0.717, 1.165) is 50.5 Å². The third-order valence-electron chi connectivity index (χ3n) is 4.24. The molecule has 0 radical (unpaired) electrons. The van der Waals surface area contributed by atoms with Crippen LogP contribution in [0.1, 0.15) is 11.1 Å². The molecule has 0 spiro atoms. The summed E-state index contributed by atoms with van der Waals surface area (Å²) in [5.41, 5.74) is 5.10. The summed E-state index contributed by atoms with van der Waals surface area (Å²) < 4.78 is 16.5. The van der Waals surface area contributed by atoms with Crippen LogP contribution in [0.3, 0.4) is 0 Å². The zero-order chi connectivity index (χ0) is 18.0. The summed E-state index contributed by atoms with van der Waals surface area (Å²) in [5.74, 6) is 2.35. The van der Waals surface area contributed by atoms with Crippen molar-refractivity contribution in [1.29, 1.82) is 0 Å². The molecule has 0 aliphatic heterocycles. The van der Waals surface area contributed by atoms with Gasteiger partial charge in [-0.3, -0.25) is 0 Å². The molecule has 3 aromatic rings. The molecule has 0 fully saturated rings. The Morgan fingerprint density at radius 2 is 1.68 bits per heavy atom. The fraction of sp³-hybridized carbons (Fsp3) is 0.300. The zero-order valence-electron chi connectivity index (χ0n) is 15.0. The topological polar surface area (TPSA) is 63.7 Å². The first-order chi connectivity index (χ1) is 12.1. The van der Waals surface area contributed by atoms with E-state index in [1.165, 1.54) is 0 Å². The van der Waals surface area contributed by atoms with Crippen LogP contribution >= 0.6 is 0 Å². The van der Waals surface area contributed by atoms with Crippen molar-refractivity contribution in [2.75, 3.05) is 27.4 Å². The van der Waals surface area contributed by atoms with Gasteiger partial charge in [0.1, 0.15) is 23.9 Å². The molecule has 0 saturated heterocycles. The SMILES string of the molecule is COc1cc(OC)c2cc(-c3cc(C)c(OCCO)c(C)c3)[nH]c2c1. The fourth-order valence-corrected chi connectivity index (χ4v) is 3.10. The van der Waals surface area contributed by atoms with Gasteiger partial charge in [0.15, 0.2) is 0 Å². The smallest absolute Gasteiger partial charge is 0.131 e. The maximum atomic E-state index is 8.96. The Kier molecular flexibility index (Phi) is 4.86. The molecule has 0 bridgehead atoms. The predicted molar refractivity (Wildman–Crippen MR) is 98.9 cm³/mol. The molecule has 25 heavy (non-hydrogen) atoms. The Labute approximate surface area is 147 Å². The van der Waals surface area contributed by atoms with Crippen LogP contribution in [0.25, 0.3) is 22.2 Å². The second-order valence-corrected chi connectivity index (χ2v) is 5.99. The minimum absolute atomic E-state index is 0.00424. The van der Waals surface area contributed by atoms with E-state index in [-0.39, 0.29) is 6.61 Å². The van der Waals surface area contributed by atoms with E-state index in [9.17, 15) is 0 Å². The van der Waals surface area contributed by atoms with E-state index in [1.54, 1.807) is 14.2 Å². The standard InChI is InChI=1S/C20H23NO4/c1-12-7-14(8-13(2)20(12)25-6-5-22)17-11-16-18(21-17)9-15(23-3)10-19(16)24-4/h7-11,21-22H,5-6H2,1-4H3. The molecule has 0 saturated carbocycles. The van der Waals surface area contributed by atoms with Crippen LogP contribution in [0.15, 0.2) is 30.3 Å². The van der Waals surface area contributed by atoms with E-state index in [2.05, 4.69) is 23.2 Å². The van der Waals surface area contributed by atoms with Crippen molar-refractivity contribution in [2.45, 2.75) is 13.8 Å². The number of nitrogens with one attached hydrogen (secondary N) is 1. The number of rotatable bonds is 6. The number of fused-ring (bicyclic) bond motifs is 1. The molecular formula is C20H23NO4. The van der Waals surface area contributed by atoms with Crippen molar-refractivity contribution in [3.05, 3.63) is 41.5 Å². The highest BCUT2D eigenvalue weighted by Crippen LogP contribution is 2.36. The monoisotopic (exact) mass is 341 g/mol. The summed E-state index contributed by atoms with van der Waals surface area (Å²) >= 11 is 0. The Balaban J connectivity index is 2.07. The number of aliphatic hydroxyl groups is 1. The molecule has 2 N–H and O–H groups in total. The highest BCUT2D eigenvalue weighted by atomic mass is 16.5. The molecule has 1 heterocycles. The highest BCUT2D eigenvalue weighted by Gasteiger charge is 2.13. The van der Waals surface area contributed by atoms with Crippen LogP contribution in [-0.2, 0) is 0 Å². The first-order valence-corrected chi connectivity index (χ1v) is 8.17. The maximum Gasteiger partial charge on any atom is 0.131 e. The van der Waals surface area contributed by atoms with Crippen LogP contribution in [0.5, 0.6) is 17.2 Å². The first kappa shape index (κ1) is 17.2.